The maximum Gasteiger partial charge on any atom is -0.00956 e. The summed E-state index contributed by atoms with van der Waals surface area (Å²) in [6, 6.07) is 24.6. The van der Waals surface area contributed by atoms with Crippen LogP contribution in [0.3, 0.4) is 0 Å². The molecule has 124 valence electrons. The molecule has 0 radical (unpaired) electrons. The fourth-order valence-electron chi connectivity index (χ4n) is 3.70. The Morgan fingerprint density at radius 2 is 1.29 bits per heavy atom. The summed E-state index contributed by atoms with van der Waals surface area (Å²) in [4.78, 5) is 0. The Balaban J connectivity index is 1.97. The van der Waals surface area contributed by atoms with Crippen LogP contribution < -0.4 is 0 Å². The number of benzene rings is 3. The van der Waals surface area contributed by atoms with Gasteiger partial charge in [-0.05, 0) is 51.6 Å². The van der Waals surface area contributed by atoms with Gasteiger partial charge in [-0.3, -0.25) is 0 Å². The molecule has 0 bridgehead atoms. The smallest absolute Gasteiger partial charge is 0.00956 e. The zero-order valence-corrected chi connectivity index (χ0v) is 15.3. The van der Waals surface area contributed by atoms with Crippen molar-refractivity contribution in [2.45, 2.75) is 46.0 Å². The summed E-state index contributed by atoms with van der Waals surface area (Å²) in [6.45, 7) is 9.30. The average Bonchev–Trinajstić information content (AvgIpc) is 2.59. The van der Waals surface area contributed by atoms with Crippen molar-refractivity contribution in [1.82, 2.24) is 0 Å². The maximum atomic E-state index is 2.36. The Hall–Kier alpha value is -2.08. The van der Waals surface area contributed by atoms with Crippen molar-refractivity contribution in [2.24, 2.45) is 5.92 Å². The molecule has 0 saturated carbocycles. The fourth-order valence-corrected chi connectivity index (χ4v) is 3.70. The van der Waals surface area contributed by atoms with E-state index in [9.17, 15) is 0 Å². The lowest BCUT2D eigenvalue weighted by atomic mass is 9.79. The SMILES string of the molecule is CC(C)c1ccccc1C(Cc1ccc2ccccc2c1)C(C)C. The molecular formula is C24H28. The monoisotopic (exact) mass is 316 g/mol. The zero-order valence-electron chi connectivity index (χ0n) is 15.3. The molecule has 0 heterocycles. The van der Waals surface area contributed by atoms with Gasteiger partial charge in [0.15, 0.2) is 0 Å². The van der Waals surface area contributed by atoms with Gasteiger partial charge in [-0.2, -0.15) is 0 Å². The molecular weight excluding hydrogens is 288 g/mol. The van der Waals surface area contributed by atoms with Crippen molar-refractivity contribution in [3.8, 4) is 0 Å². The molecule has 1 unspecified atom stereocenters. The average molecular weight is 316 g/mol. The summed E-state index contributed by atoms with van der Waals surface area (Å²) < 4.78 is 0. The van der Waals surface area contributed by atoms with Gasteiger partial charge in [0, 0.05) is 0 Å². The second kappa shape index (κ2) is 7.21. The first-order chi connectivity index (χ1) is 11.6. The first-order valence-corrected chi connectivity index (χ1v) is 9.12. The van der Waals surface area contributed by atoms with Crippen LogP contribution in [0.5, 0.6) is 0 Å². The van der Waals surface area contributed by atoms with Gasteiger partial charge in [0.25, 0.3) is 0 Å². The van der Waals surface area contributed by atoms with Gasteiger partial charge in [-0.25, -0.2) is 0 Å². The Bertz CT molecular complexity index is 811. The van der Waals surface area contributed by atoms with E-state index in [-0.39, 0.29) is 0 Å². The second-order valence-electron chi connectivity index (χ2n) is 7.52. The lowest BCUT2D eigenvalue weighted by Gasteiger charge is -2.26. The van der Waals surface area contributed by atoms with Crippen LogP contribution >= 0.6 is 0 Å². The minimum Gasteiger partial charge on any atom is -0.0622 e. The summed E-state index contributed by atoms with van der Waals surface area (Å²) in [7, 11) is 0. The zero-order chi connectivity index (χ0) is 17.1. The van der Waals surface area contributed by atoms with E-state index >= 15 is 0 Å². The van der Waals surface area contributed by atoms with Crippen LogP contribution in [0.2, 0.25) is 0 Å². The number of hydrogen-bond donors (Lipinski definition) is 0. The highest BCUT2D eigenvalue weighted by Crippen LogP contribution is 2.34. The molecule has 0 fully saturated rings. The molecule has 0 aliphatic rings. The number of rotatable bonds is 5. The largest absolute Gasteiger partial charge is 0.0622 e. The van der Waals surface area contributed by atoms with E-state index in [1.165, 1.54) is 27.5 Å². The molecule has 1 atom stereocenters. The van der Waals surface area contributed by atoms with E-state index in [0.29, 0.717) is 17.8 Å². The number of hydrogen-bond acceptors (Lipinski definition) is 0. The van der Waals surface area contributed by atoms with Crippen LogP contribution in [0.25, 0.3) is 10.8 Å². The van der Waals surface area contributed by atoms with Gasteiger partial charge in [0.1, 0.15) is 0 Å². The molecule has 3 aromatic carbocycles. The third-order valence-electron chi connectivity index (χ3n) is 5.09. The predicted molar refractivity (Wildman–Crippen MR) is 106 cm³/mol. The van der Waals surface area contributed by atoms with Crippen molar-refractivity contribution in [1.29, 1.82) is 0 Å². The van der Waals surface area contributed by atoms with Crippen molar-refractivity contribution in [2.75, 3.05) is 0 Å². The van der Waals surface area contributed by atoms with E-state index < -0.39 is 0 Å². The molecule has 0 N–H and O–H groups in total. The Morgan fingerprint density at radius 1 is 0.667 bits per heavy atom. The molecule has 24 heavy (non-hydrogen) atoms. The van der Waals surface area contributed by atoms with Gasteiger partial charge < -0.3 is 0 Å². The fraction of sp³-hybridized carbons (Fsp3) is 0.333. The second-order valence-corrected chi connectivity index (χ2v) is 7.52. The minimum absolute atomic E-state index is 0.560. The Kier molecular flexibility index (Phi) is 5.04. The molecule has 0 aliphatic heterocycles. The van der Waals surface area contributed by atoms with E-state index in [1.54, 1.807) is 0 Å². The molecule has 0 spiro atoms. The van der Waals surface area contributed by atoms with Crippen LogP contribution in [0.4, 0.5) is 0 Å². The van der Waals surface area contributed by atoms with E-state index in [0.717, 1.165) is 6.42 Å². The summed E-state index contributed by atoms with van der Waals surface area (Å²) in [6.07, 6.45) is 1.10. The van der Waals surface area contributed by atoms with Crippen LogP contribution in [0.15, 0.2) is 66.7 Å². The quantitative estimate of drug-likeness (QED) is 0.478. The topological polar surface area (TPSA) is 0 Å². The normalized spacial score (nSPS) is 12.9. The third kappa shape index (κ3) is 3.53. The first-order valence-electron chi connectivity index (χ1n) is 9.12. The molecule has 3 aromatic rings. The highest BCUT2D eigenvalue weighted by molar-refractivity contribution is 5.83. The number of fused-ring (bicyclic) bond motifs is 1. The van der Waals surface area contributed by atoms with E-state index in [1.807, 2.05) is 0 Å². The Labute approximate surface area is 146 Å². The molecule has 0 aliphatic carbocycles. The van der Waals surface area contributed by atoms with E-state index in [2.05, 4.69) is 94.4 Å². The highest BCUT2D eigenvalue weighted by atomic mass is 14.2. The standard InChI is InChI=1S/C24H28/c1-17(2)22-11-7-8-12-23(22)24(18(3)4)16-19-13-14-20-9-5-6-10-21(20)15-19/h5-15,17-18,24H,16H2,1-4H3. The van der Waals surface area contributed by atoms with E-state index in [4.69, 9.17) is 0 Å². The third-order valence-corrected chi connectivity index (χ3v) is 5.09. The van der Waals surface area contributed by atoms with Crippen LogP contribution in [-0.4, -0.2) is 0 Å². The molecule has 0 heteroatoms. The molecule has 0 aromatic heterocycles. The Morgan fingerprint density at radius 3 is 1.96 bits per heavy atom. The van der Waals surface area contributed by atoms with Gasteiger partial charge in [0.05, 0.1) is 0 Å². The van der Waals surface area contributed by atoms with Crippen molar-refractivity contribution < 1.29 is 0 Å². The lowest BCUT2D eigenvalue weighted by Crippen LogP contribution is -2.13. The van der Waals surface area contributed by atoms with Crippen LogP contribution in [-0.2, 0) is 6.42 Å². The summed E-state index contributed by atoms with van der Waals surface area (Å²) >= 11 is 0. The summed E-state index contributed by atoms with van der Waals surface area (Å²) in [5.41, 5.74) is 4.46. The molecule has 0 nitrogen and oxygen atoms in total. The maximum absolute atomic E-state index is 2.36. The van der Waals surface area contributed by atoms with Crippen LogP contribution in [0.1, 0.15) is 56.2 Å². The molecule has 0 amide bonds. The highest BCUT2D eigenvalue weighted by Gasteiger charge is 2.20. The van der Waals surface area contributed by atoms with Crippen LogP contribution in [0, 0.1) is 5.92 Å². The minimum atomic E-state index is 0.560. The van der Waals surface area contributed by atoms with Crippen molar-refractivity contribution in [3.63, 3.8) is 0 Å². The van der Waals surface area contributed by atoms with Crippen molar-refractivity contribution >= 4 is 10.8 Å². The molecule has 0 saturated heterocycles. The van der Waals surface area contributed by atoms with Gasteiger partial charge >= 0.3 is 0 Å². The van der Waals surface area contributed by atoms with Gasteiger partial charge in [0.2, 0.25) is 0 Å². The van der Waals surface area contributed by atoms with Gasteiger partial charge in [-0.1, -0.05) is 94.4 Å². The molecule has 3 rings (SSSR count). The van der Waals surface area contributed by atoms with Gasteiger partial charge in [-0.15, -0.1) is 0 Å². The predicted octanol–water partition coefficient (Wildman–Crippen LogP) is 6.95. The summed E-state index contributed by atoms with van der Waals surface area (Å²) in [5.74, 6) is 1.75. The first kappa shape index (κ1) is 16.8. The van der Waals surface area contributed by atoms with Crippen molar-refractivity contribution in [3.05, 3.63) is 83.4 Å². The lowest BCUT2D eigenvalue weighted by molar-refractivity contribution is 0.490. The summed E-state index contributed by atoms with van der Waals surface area (Å²) in [5, 5.41) is 2.67.